The van der Waals surface area contributed by atoms with E-state index >= 15 is 0 Å². The van der Waals surface area contributed by atoms with Crippen molar-refractivity contribution < 1.29 is 13.2 Å². The molecule has 1 unspecified atom stereocenters. The molecular weight excluding hydrogens is 276 g/mol. The third-order valence-corrected chi connectivity index (χ3v) is 5.18. The second-order valence-corrected chi connectivity index (χ2v) is 6.33. The molecule has 5 nitrogen and oxygen atoms in total. The molecule has 102 valence electrons. The van der Waals surface area contributed by atoms with Crippen LogP contribution in [0.3, 0.4) is 0 Å². The average Bonchev–Trinajstić information content (AvgIpc) is 2.27. The van der Waals surface area contributed by atoms with Gasteiger partial charge >= 0.3 is 0 Å². The first-order valence-electron chi connectivity index (χ1n) is 5.33. The van der Waals surface area contributed by atoms with Gasteiger partial charge in [-0.15, -0.1) is 0 Å². The Hall–Kier alpha value is -0.820. The lowest BCUT2D eigenvalue weighted by Gasteiger charge is -2.24. The first-order chi connectivity index (χ1) is 8.32. The van der Waals surface area contributed by atoms with E-state index in [2.05, 4.69) is 0 Å². The van der Waals surface area contributed by atoms with Crippen molar-refractivity contribution in [3.8, 4) is 0 Å². The van der Waals surface area contributed by atoms with E-state index in [9.17, 15) is 8.42 Å². The van der Waals surface area contributed by atoms with Gasteiger partial charge in [-0.2, -0.15) is 4.31 Å². The van der Waals surface area contributed by atoms with Crippen molar-refractivity contribution >= 4 is 27.3 Å². The Morgan fingerprint density at radius 2 is 2.11 bits per heavy atom. The number of hydrogen-bond donors (Lipinski definition) is 1. The third-order valence-electron chi connectivity index (χ3n) is 2.66. The molecule has 1 aromatic rings. The second kappa shape index (κ2) is 5.88. The molecule has 0 aliphatic heterocycles. The third kappa shape index (κ3) is 2.95. The van der Waals surface area contributed by atoms with E-state index in [0.717, 1.165) is 0 Å². The molecule has 0 saturated carbocycles. The molecular formula is C11H17ClN2O3S. The molecule has 0 bridgehead atoms. The van der Waals surface area contributed by atoms with Crippen LogP contribution in [0.5, 0.6) is 0 Å². The van der Waals surface area contributed by atoms with Crippen molar-refractivity contribution in [2.75, 3.05) is 26.5 Å². The van der Waals surface area contributed by atoms with Gasteiger partial charge in [-0.05, 0) is 19.1 Å². The van der Waals surface area contributed by atoms with Gasteiger partial charge in [-0.1, -0.05) is 17.7 Å². The van der Waals surface area contributed by atoms with E-state index in [1.807, 2.05) is 0 Å². The SMILES string of the molecule is COCC(C)N(C)S(=O)(=O)c1c(N)cccc1Cl. The molecule has 0 spiro atoms. The van der Waals surface area contributed by atoms with Crippen LogP contribution >= 0.6 is 11.6 Å². The van der Waals surface area contributed by atoms with Crippen LogP contribution in [0.15, 0.2) is 23.1 Å². The van der Waals surface area contributed by atoms with Gasteiger partial charge in [0.05, 0.1) is 17.3 Å². The van der Waals surface area contributed by atoms with E-state index in [0.29, 0.717) is 6.61 Å². The van der Waals surface area contributed by atoms with Crippen LogP contribution in [0.4, 0.5) is 5.69 Å². The molecule has 0 saturated heterocycles. The number of nitrogen functional groups attached to an aromatic ring is 1. The Morgan fingerprint density at radius 1 is 1.50 bits per heavy atom. The van der Waals surface area contributed by atoms with Crippen LogP contribution in [-0.2, 0) is 14.8 Å². The summed E-state index contributed by atoms with van der Waals surface area (Å²) in [6.07, 6.45) is 0. The molecule has 0 aliphatic rings. The monoisotopic (exact) mass is 292 g/mol. The van der Waals surface area contributed by atoms with E-state index < -0.39 is 10.0 Å². The molecule has 2 N–H and O–H groups in total. The fourth-order valence-electron chi connectivity index (χ4n) is 1.52. The maximum atomic E-state index is 12.4. The molecule has 1 aromatic carbocycles. The van der Waals surface area contributed by atoms with Gasteiger partial charge in [0.2, 0.25) is 10.0 Å². The van der Waals surface area contributed by atoms with Crippen LogP contribution in [0, 0.1) is 0 Å². The molecule has 0 aromatic heterocycles. The Bertz CT molecular complexity index is 499. The van der Waals surface area contributed by atoms with Crippen molar-refractivity contribution in [3.63, 3.8) is 0 Å². The molecule has 1 rings (SSSR count). The first-order valence-corrected chi connectivity index (χ1v) is 7.15. The zero-order valence-corrected chi connectivity index (χ0v) is 12.1. The normalized spacial score (nSPS) is 13.8. The van der Waals surface area contributed by atoms with Crippen molar-refractivity contribution in [2.24, 2.45) is 0 Å². The Morgan fingerprint density at radius 3 is 2.61 bits per heavy atom. The summed E-state index contributed by atoms with van der Waals surface area (Å²) in [6, 6.07) is 4.30. The fourth-order valence-corrected chi connectivity index (χ4v) is 3.50. The molecule has 1 atom stereocenters. The lowest BCUT2D eigenvalue weighted by molar-refractivity contribution is 0.149. The van der Waals surface area contributed by atoms with E-state index in [-0.39, 0.29) is 21.6 Å². The maximum absolute atomic E-state index is 12.4. The highest BCUT2D eigenvalue weighted by molar-refractivity contribution is 7.89. The number of rotatable bonds is 5. The van der Waals surface area contributed by atoms with Crippen LogP contribution < -0.4 is 5.73 Å². The molecule has 0 heterocycles. The number of sulfonamides is 1. The van der Waals surface area contributed by atoms with E-state index in [1.165, 1.54) is 30.6 Å². The Labute approximate surface area is 113 Å². The Kier molecular flexibility index (Phi) is 4.98. The van der Waals surface area contributed by atoms with E-state index in [1.54, 1.807) is 13.0 Å². The van der Waals surface area contributed by atoms with Crippen molar-refractivity contribution in [1.29, 1.82) is 0 Å². The zero-order chi connectivity index (χ0) is 13.9. The van der Waals surface area contributed by atoms with Crippen molar-refractivity contribution in [1.82, 2.24) is 4.31 Å². The summed E-state index contributed by atoms with van der Waals surface area (Å²) in [5, 5.41) is 0.117. The predicted molar refractivity (Wildman–Crippen MR) is 72.2 cm³/mol. The van der Waals surface area contributed by atoms with Crippen molar-refractivity contribution in [3.05, 3.63) is 23.2 Å². The second-order valence-electron chi connectivity index (χ2n) is 3.98. The van der Waals surface area contributed by atoms with Crippen LogP contribution in [0.1, 0.15) is 6.92 Å². The maximum Gasteiger partial charge on any atom is 0.246 e. The summed E-state index contributed by atoms with van der Waals surface area (Å²) < 4.78 is 30.9. The average molecular weight is 293 g/mol. The minimum absolute atomic E-state index is 0.0582. The number of likely N-dealkylation sites (N-methyl/N-ethyl adjacent to an activating group) is 1. The van der Waals surface area contributed by atoms with Gasteiger partial charge in [0.1, 0.15) is 4.90 Å². The van der Waals surface area contributed by atoms with Gasteiger partial charge in [0, 0.05) is 20.2 Å². The fraction of sp³-hybridized carbons (Fsp3) is 0.455. The lowest BCUT2D eigenvalue weighted by Crippen LogP contribution is -2.38. The molecule has 0 aliphatic carbocycles. The minimum atomic E-state index is -3.73. The molecule has 18 heavy (non-hydrogen) atoms. The smallest absolute Gasteiger partial charge is 0.246 e. The van der Waals surface area contributed by atoms with Gasteiger partial charge in [-0.3, -0.25) is 0 Å². The first kappa shape index (κ1) is 15.2. The van der Waals surface area contributed by atoms with Crippen LogP contribution in [0.25, 0.3) is 0 Å². The summed E-state index contributed by atoms with van der Waals surface area (Å²) in [7, 11) is -0.737. The van der Waals surface area contributed by atoms with Gasteiger partial charge in [0.15, 0.2) is 0 Å². The van der Waals surface area contributed by atoms with Gasteiger partial charge in [-0.25, -0.2) is 8.42 Å². The van der Waals surface area contributed by atoms with Gasteiger partial charge in [0.25, 0.3) is 0 Å². The number of anilines is 1. The number of nitrogens with two attached hydrogens (primary N) is 1. The Balaban J connectivity index is 3.22. The van der Waals surface area contributed by atoms with E-state index in [4.69, 9.17) is 22.1 Å². The molecule has 0 amide bonds. The summed E-state index contributed by atoms with van der Waals surface area (Å²) in [6.45, 7) is 2.04. The zero-order valence-electron chi connectivity index (χ0n) is 10.6. The minimum Gasteiger partial charge on any atom is -0.398 e. The number of methoxy groups -OCH3 is 1. The standard InChI is InChI=1S/C11H17ClN2O3S/c1-8(7-17-3)14(2)18(15,16)11-9(12)5-4-6-10(11)13/h4-6,8H,7,13H2,1-3H3. The molecule has 0 fully saturated rings. The lowest BCUT2D eigenvalue weighted by atomic mass is 10.3. The van der Waals surface area contributed by atoms with Crippen molar-refractivity contribution in [2.45, 2.75) is 17.9 Å². The molecule has 7 heteroatoms. The highest BCUT2D eigenvalue weighted by Gasteiger charge is 2.29. The summed E-state index contributed by atoms with van der Waals surface area (Å²) in [4.78, 5) is -0.0582. The number of nitrogens with zero attached hydrogens (tertiary/aromatic N) is 1. The highest BCUT2D eigenvalue weighted by atomic mass is 35.5. The topological polar surface area (TPSA) is 72.6 Å². The number of halogens is 1. The van der Waals surface area contributed by atoms with Crippen LogP contribution in [0.2, 0.25) is 5.02 Å². The predicted octanol–water partition coefficient (Wildman–Crippen LogP) is 1.58. The number of hydrogen-bond acceptors (Lipinski definition) is 4. The largest absolute Gasteiger partial charge is 0.398 e. The summed E-state index contributed by atoms with van der Waals surface area (Å²) in [5.41, 5.74) is 5.84. The summed E-state index contributed by atoms with van der Waals surface area (Å²) in [5.74, 6) is 0. The van der Waals surface area contributed by atoms with Gasteiger partial charge < -0.3 is 10.5 Å². The molecule has 0 radical (unpaired) electrons. The number of benzene rings is 1. The highest BCUT2D eigenvalue weighted by Crippen LogP contribution is 2.30. The summed E-state index contributed by atoms with van der Waals surface area (Å²) >= 11 is 5.92. The van der Waals surface area contributed by atoms with Crippen LogP contribution in [-0.4, -0.2) is 39.5 Å². The quantitative estimate of drug-likeness (QED) is 0.836. The number of ether oxygens (including phenoxy) is 1.